The zero-order chi connectivity index (χ0) is 20.7. The van der Waals surface area contributed by atoms with Crippen LogP contribution in [-0.2, 0) is 14.8 Å². The Labute approximate surface area is 166 Å². The number of nitrogens with zero attached hydrogens (tertiary/aromatic N) is 1. The minimum atomic E-state index is -3.72. The first-order chi connectivity index (χ1) is 13.3. The fourth-order valence-corrected chi connectivity index (χ4v) is 3.58. The molecule has 0 aliphatic rings. The first-order valence-electron chi connectivity index (χ1n) is 8.77. The average molecular weight is 407 g/mol. The molecular formula is C20H26N2O5S. The van der Waals surface area contributed by atoms with Crippen LogP contribution in [-0.4, -0.2) is 47.9 Å². The van der Waals surface area contributed by atoms with E-state index in [9.17, 15) is 13.2 Å². The molecule has 2 rings (SSSR count). The lowest BCUT2D eigenvalue weighted by Crippen LogP contribution is -2.41. The van der Waals surface area contributed by atoms with Crippen LogP contribution >= 0.6 is 0 Å². The Kier molecular flexibility index (Phi) is 7.28. The molecular weight excluding hydrogens is 380 g/mol. The van der Waals surface area contributed by atoms with E-state index in [1.807, 2.05) is 37.3 Å². The second kappa shape index (κ2) is 9.45. The van der Waals surface area contributed by atoms with Crippen LogP contribution < -0.4 is 19.1 Å². The Morgan fingerprint density at radius 1 is 1.11 bits per heavy atom. The number of nitrogens with one attached hydrogen (secondary N) is 1. The molecule has 0 aliphatic heterocycles. The molecule has 0 saturated carbocycles. The van der Waals surface area contributed by atoms with Gasteiger partial charge in [-0.2, -0.15) is 0 Å². The van der Waals surface area contributed by atoms with E-state index in [0.717, 1.165) is 16.1 Å². The lowest BCUT2D eigenvalue weighted by atomic mass is 10.0. The van der Waals surface area contributed by atoms with Gasteiger partial charge in [0.05, 0.1) is 26.2 Å². The third-order valence-electron chi connectivity index (χ3n) is 4.32. The van der Waals surface area contributed by atoms with E-state index < -0.39 is 15.9 Å². The molecule has 0 heterocycles. The molecule has 1 amide bonds. The third kappa shape index (κ3) is 5.63. The molecule has 1 N–H and O–H groups in total. The van der Waals surface area contributed by atoms with Crippen molar-refractivity contribution in [2.24, 2.45) is 0 Å². The van der Waals surface area contributed by atoms with E-state index in [2.05, 4.69) is 5.32 Å². The summed E-state index contributed by atoms with van der Waals surface area (Å²) in [5.41, 5.74) is 1.34. The van der Waals surface area contributed by atoms with Gasteiger partial charge in [-0.3, -0.25) is 9.10 Å². The summed E-state index contributed by atoms with van der Waals surface area (Å²) in [4.78, 5) is 12.5. The molecule has 7 nitrogen and oxygen atoms in total. The number of hydrogen-bond acceptors (Lipinski definition) is 5. The summed E-state index contributed by atoms with van der Waals surface area (Å²) < 4.78 is 36.1. The highest BCUT2D eigenvalue weighted by molar-refractivity contribution is 7.92. The normalized spacial score (nSPS) is 12.1. The van der Waals surface area contributed by atoms with E-state index in [1.165, 1.54) is 20.3 Å². The maximum Gasteiger partial charge on any atom is 0.240 e. The second-order valence-corrected chi connectivity index (χ2v) is 8.33. The SMILES string of the molecule is COc1ccc(OC)c(N(CC(=O)NC[C@@H](C)c2ccccc2)S(C)(=O)=O)c1. The highest BCUT2D eigenvalue weighted by Gasteiger charge is 2.24. The van der Waals surface area contributed by atoms with Crippen LogP contribution in [0.5, 0.6) is 11.5 Å². The van der Waals surface area contributed by atoms with Crippen LogP contribution in [0.3, 0.4) is 0 Å². The zero-order valence-electron chi connectivity index (χ0n) is 16.5. The molecule has 2 aromatic carbocycles. The second-order valence-electron chi connectivity index (χ2n) is 6.42. The summed E-state index contributed by atoms with van der Waals surface area (Å²) in [6, 6.07) is 14.6. The molecule has 2 aromatic rings. The maximum atomic E-state index is 12.5. The van der Waals surface area contributed by atoms with Crippen molar-refractivity contribution in [1.29, 1.82) is 0 Å². The summed E-state index contributed by atoms with van der Waals surface area (Å²) in [5.74, 6) is 0.487. The van der Waals surface area contributed by atoms with Crippen molar-refractivity contribution in [1.82, 2.24) is 5.32 Å². The molecule has 0 spiro atoms. The van der Waals surface area contributed by atoms with Gasteiger partial charge in [0.15, 0.2) is 0 Å². The van der Waals surface area contributed by atoms with Gasteiger partial charge >= 0.3 is 0 Å². The van der Waals surface area contributed by atoms with E-state index in [-0.39, 0.29) is 18.2 Å². The smallest absolute Gasteiger partial charge is 0.240 e. The van der Waals surface area contributed by atoms with Gasteiger partial charge in [-0.05, 0) is 23.6 Å². The van der Waals surface area contributed by atoms with Gasteiger partial charge in [-0.1, -0.05) is 37.3 Å². The number of carbonyl (C=O) groups excluding carboxylic acids is 1. The largest absolute Gasteiger partial charge is 0.497 e. The Balaban J connectivity index is 2.16. The van der Waals surface area contributed by atoms with E-state index in [0.29, 0.717) is 18.0 Å². The van der Waals surface area contributed by atoms with Gasteiger partial charge in [-0.15, -0.1) is 0 Å². The Morgan fingerprint density at radius 3 is 2.36 bits per heavy atom. The standard InChI is InChI=1S/C20H26N2O5S/c1-15(16-8-6-5-7-9-16)13-21-20(23)14-22(28(4,24)25)18-12-17(26-2)10-11-19(18)27-3/h5-12,15H,13-14H2,1-4H3,(H,21,23)/t15-/m1/s1. The maximum absolute atomic E-state index is 12.5. The van der Waals surface area contributed by atoms with Gasteiger partial charge in [0.25, 0.3) is 0 Å². The molecule has 0 unspecified atom stereocenters. The molecule has 0 saturated heterocycles. The van der Waals surface area contributed by atoms with E-state index in [4.69, 9.17) is 9.47 Å². The summed E-state index contributed by atoms with van der Waals surface area (Å²) >= 11 is 0. The van der Waals surface area contributed by atoms with E-state index in [1.54, 1.807) is 12.1 Å². The van der Waals surface area contributed by atoms with Crippen molar-refractivity contribution in [3.8, 4) is 11.5 Å². The number of rotatable bonds is 9. The third-order valence-corrected chi connectivity index (χ3v) is 5.44. The highest BCUT2D eigenvalue weighted by Crippen LogP contribution is 2.33. The number of hydrogen-bond donors (Lipinski definition) is 1. The summed E-state index contributed by atoms with van der Waals surface area (Å²) in [6.07, 6.45) is 1.05. The van der Waals surface area contributed by atoms with Crippen LogP contribution in [0.2, 0.25) is 0 Å². The monoisotopic (exact) mass is 406 g/mol. The lowest BCUT2D eigenvalue weighted by molar-refractivity contribution is -0.119. The predicted octanol–water partition coefficient (Wildman–Crippen LogP) is 2.39. The van der Waals surface area contributed by atoms with Gasteiger partial charge in [0.1, 0.15) is 18.0 Å². The molecule has 0 fully saturated rings. The average Bonchev–Trinajstić information content (AvgIpc) is 2.69. The summed E-state index contributed by atoms with van der Waals surface area (Å²) in [6.45, 7) is 2.04. The minimum Gasteiger partial charge on any atom is -0.497 e. The molecule has 1 atom stereocenters. The summed E-state index contributed by atoms with van der Waals surface area (Å²) in [5, 5.41) is 2.80. The van der Waals surface area contributed by atoms with Crippen molar-refractivity contribution in [3.05, 3.63) is 54.1 Å². The van der Waals surface area contributed by atoms with E-state index >= 15 is 0 Å². The molecule has 0 aromatic heterocycles. The van der Waals surface area contributed by atoms with Crippen molar-refractivity contribution in [3.63, 3.8) is 0 Å². The molecule has 0 radical (unpaired) electrons. The first-order valence-corrected chi connectivity index (χ1v) is 10.6. The number of ether oxygens (including phenoxy) is 2. The lowest BCUT2D eigenvalue weighted by Gasteiger charge is -2.24. The quantitative estimate of drug-likeness (QED) is 0.691. The number of methoxy groups -OCH3 is 2. The Morgan fingerprint density at radius 2 is 1.79 bits per heavy atom. The van der Waals surface area contributed by atoms with Crippen LogP contribution in [0.25, 0.3) is 0 Å². The van der Waals surface area contributed by atoms with Gasteiger partial charge in [0.2, 0.25) is 15.9 Å². The predicted molar refractivity (Wildman–Crippen MR) is 110 cm³/mol. The number of sulfonamides is 1. The van der Waals surface area contributed by atoms with Gasteiger partial charge in [0, 0.05) is 12.6 Å². The summed E-state index contributed by atoms with van der Waals surface area (Å²) in [7, 11) is -0.806. The fourth-order valence-electron chi connectivity index (χ4n) is 2.73. The molecule has 0 bridgehead atoms. The number of amides is 1. The first kappa shape index (κ1) is 21.6. The van der Waals surface area contributed by atoms with Crippen LogP contribution in [0, 0.1) is 0 Å². The topological polar surface area (TPSA) is 84.9 Å². The molecule has 0 aliphatic carbocycles. The van der Waals surface area contributed by atoms with Gasteiger partial charge in [-0.25, -0.2) is 8.42 Å². The molecule has 152 valence electrons. The zero-order valence-corrected chi connectivity index (χ0v) is 17.3. The van der Waals surface area contributed by atoms with Crippen LogP contribution in [0.1, 0.15) is 18.4 Å². The highest BCUT2D eigenvalue weighted by atomic mass is 32.2. The van der Waals surface area contributed by atoms with Crippen LogP contribution in [0.4, 0.5) is 5.69 Å². The molecule has 28 heavy (non-hydrogen) atoms. The number of carbonyl (C=O) groups is 1. The fraction of sp³-hybridized carbons (Fsp3) is 0.350. The van der Waals surface area contributed by atoms with Crippen molar-refractivity contribution >= 4 is 21.6 Å². The van der Waals surface area contributed by atoms with Crippen molar-refractivity contribution < 1.29 is 22.7 Å². The van der Waals surface area contributed by atoms with Crippen molar-refractivity contribution in [2.75, 3.05) is 37.9 Å². The Hall–Kier alpha value is -2.74. The Bertz CT molecular complexity index is 900. The minimum absolute atomic E-state index is 0.100. The van der Waals surface area contributed by atoms with Gasteiger partial charge < -0.3 is 14.8 Å². The number of anilines is 1. The number of benzene rings is 2. The molecule has 8 heteroatoms. The van der Waals surface area contributed by atoms with Crippen LogP contribution in [0.15, 0.2) is 48.5 Å². The van der Waals surface area contributed by atoms with Crippen molar-refractivity contribution in [2.45, 2.75) is 12.8 Å².